The van der Waals surface area contributed by atoms with Crippen molar-refractivity contribution in [2.24, 2.45) is 0 Å². The van der Waals surface area contributed by atoms with Crippen molar-refractivity contribution in [2.45, 2.75) is 13.0 Å². The lowest BCUT2D eigenvalue weighted by Crippen LogP contribution is -2.24. The average Bonchev–Trinajstić information content (AvgIpc) is 3.27. The normalized spacial score (nSPS) is 17.0. The second kappa shape index (κ2) is 6.13. The van der Waals surface area contributed by atoms with Gasteiger partial charge in [0.15, 0.2) is 11.6 Å². The molecule has 4 rings (SSSR count). The van der Waals surface area contributed by atoms with Gasteiger partial charge in [0, 0.05) is 25.0 Å². The molecule has 1 aliphatic rings. The number of rotatable bonds is 3. The van der Waals surface area contributed by atoms with E-state index in [1.54, 1.807) is 12.4 Å². The first-order valence-corrected chi connectivity index (χ1v) is 8.67. The molecule has 0 unspecified atom stereocenters. The Morgan fingerprint density at radius 1 is 1.31 bits per heavy atom. The van der Waals surface area contributed by atoms with E-state index in [1.807, 2.05) is 6.92 Å². The number of thiazole rings is 1. The highest BCUT2D eigenvalue weighted by Gasteiger charge is 2.32. The average molecular weight is 376 g/mol. The van der Waals surface area contributed by atoms with Gasteiger partial charge in [0.05, 0.1) is 5.01 Å². The van der Waals surface area contributed by atoms with Crippen molar-refractivity contribution in [1.29, 1.82) is 0 Å². The van der Waals surface area contributed by atoms with Crippen LogP contribution in [0.1, 0.15) is 16.9 Å². The maximum Gasteiger partial charge on any atom is 0.317 e. The highest BCUT2D eigenvalue weighted by atomic mass is 32.1. The highest BCUT2D eigenvalue weighted by Crippen LogP contribution is 2.26. The molecule has 1 fully saturated rings. The molecule has 0 aliphatic carbocycles. The van der Waals surface area contributed by atoms with E-state index in [-0.39, 0.29) is 11.7 Å². The van der Waals surface area contributed by atoms with E-state index in [2.05, 4.69) is 20.4 Å². The molecule has 7 nitrogen and oxygen atoms in total. The molecule has 134 valence electrons. The number of nitrogens with zero attached hydrogens (tertiary/aromatic N) is 5. The van der Waals surface area contributed by atoms with Gasteiger partial charge in [-0.15, -0.1) is 16.4 Å². The zero-order chi connectivity index (χ0) is 18.4. The Kier molecular flexibility index (Phi) is 3.91. The largest absolute Gasteiger partial charge is 0.326 e. The third-order valence-electron chi connectivity index (χ3n) is 4.03. The van der Waals surface area contributed by atoms with Crippen LogP contribution < -0.4 is 5.32 Å². The van der Waals surface area contributed by atoms with Crippen LogP contribution in [-0.2, 0) is 0 Å². The van der Waals surface area contributed by atoms with E-state index in [0.717, 1.165) is 17.1 Å². The second-order valence-corrected chi connectivity index (χ2v) is 7.00. The number of likely N-dealkylation sites (N-methyl/N-ethyl adjacent to an activating group) is 1. The van der Waals surface area contributed by atoms with Crippen LogP contribution in [0, 0.1) is 18.6 Å². The molecule has 0 bridgehead atoms. The fourth-order valence-corrected chi connectivity index (χ4v) is 3.35. The standard InChI is InChI=1S/C16H14F2N6OS/c1-8-19-12(7-26-8)14-21-15(11-6-23(2)16(25)20-11)24(22-14)13-4-3-9(17)5-10(13)18/h3-5,7,11H,6H2,1-2H3,(H,20,25)/t11-/m1/s1. The topological polar surface area (TPSA) is 75.9 Å². The van der Waals surface area contributed by atoms with Gasteiger partial charge in [-0.1, -0.05) is 0 Å². The fourth-order valence-electron chi connectivity index (χ4n) is 2.76. The van der Waals surface area contributed by atoms with Gasteiger partial charge in [0.2, 0.25) is 5.82 Å². The number of halogens is 2. The number of amides is 2. The van der Waals surface area contributed by atoms with Gasteiger partial charge >= 0.3 is 6.03 Å². The van der Waals surface area contributed by atoms with Crippen LogP contribution in [0.5, 0.6) is 0 Å². The van der Waals surface area contributed by atoms with Crippen molar-refractivity contribution in [3.8, 4) is 17.2 Å². The molecule has 3 aromatic rings. The summed E-state index contributed by atoms with van der Waals surface area (Å²) in [7, 11) is 1.65. The van der Waals surface area contributed by atoms with Crippen molar-refractivity contribution in [3.05, 3.63) is 46.0 Å². The Morgan fingerprint density at radius 3 is 2.73 bits per heavy atom. The van der Waals surface area contributed by atoms with Crippen LogP contribution in [0.3, 0.4) is 0 Å². The maximum atomic E-state index is 14.3. The van der Waals surface area contributed by atoms with Crippen LogP contribution >= 0.6 is 11.3 Å². The van der Waals surface area contributed by atoms with Crippen molar-refractivity contribution in [1.82, 2.24) is 30.0 Å². The van der Waals surface area contributed by atoms with Gasteiger partial charge in [-0.05, 0) is 19.1 Å². The summed E-state index contributed by atoms with van der Waals surface area (Å²) in [6.07, 6.45) is 0. The minimum atomic E-state index is -0.769. The van der Waals surface area contributed by atoms with Crippen LogP contribution in [0.4, 0.5) is 13.6 Å². The third-order valence-corrected chi connectivity index (χ3v) is 4.80. The lowest BCUT2D eigenvalue weighted by atomic mass is 10.2. The first-order valence-electron chi connectivity index (χ1n) is 7.79. The number of benzene rings is 1. The van der Waals surface area contributed by atoms with E-state index in [4.69, 9.17) is 0 Å². The molecule has 0 radical (unpaired) electrons. The Labute approximate surface area is 151 Å². The maximum absolute atomic E-state index is 14.3. The van der Waals surface area contributed by atoms with Crippen molar-refractivity contribution < 1.29 is 13.6 Å². The minimum Gasteiger partial charge on any atom is -0.326 e. The number of urea groups is 1. The minimum absolute atomic E-state index is 0.0518. The zero-order valence-corrected chi connectivity index (χ0v) is 14.7. The van der Waals surface area contributed by atoms with Crippen LogP contribution in [0.15, 0.2) is 23.6 Å². The molecular weight excluding hydrogens is 362 g/mol. The number of aryl methyl sites for hydroxylation is 1. The molecule has 1 N–H and O–H groups in total. The quantitative estimate of drug-likeness (QED) is 0.763. The Morgan fingerprint density at radius 2 is 2.12 bits per heavy atom. The molecule has 1 aliphatic heterocycles. The molecule has 2 amide bonds. The number of aromatic nitrogens is 4. The summed E-state index contributed by atoms with van der Waals surface area (Å²) in [6.45, 7) is 2.22. The summed E-state index contributed by atoms with van der Waals surface area (Å²) in [5.74, 6) is -0.780. The molecule has 3 heterocycles. The van der Waals surface area contributed by atoms with E-state index >= 15 is 0 Å². The number of carbonyl (C=O) groups excluding carboxylic acids is 1. The molecule has 10 heteroatoms. The molecule has 26 heavy (non-hydrogen) atoms. The Balaban J connectivity index is 1.85. The number of hydrogen-bond donors (Lipinski definition) is 1. The van der Waals surface area contributed by atoms with Crippen molar-refractivity contribution >= 4 is 17.4 Å². The molecule has 1 atom stereocenters. The summed E-state index contributed by atoms with van der Waals surface area (Å²) >= 11 is 1.45. The zero-order valence-electron chi connectivity index (χ0n) is 13.9. The summed E-state index contributed by atoms with van der Waals surface area (Å²) in [5, 5.41) is 9.80. The lowest BCUT2D eigenvalue weighted by Gasteiger charge is -2.11. The van der Waals surface area contributed by atoms with Gasteiger partial charge in [0.1, 0.15) is 23.2 Å². The summed E-state index contributed by atoms with van der Waals surface area (Å²) in [4.78, 5) is 22.1. The molecule has 0 spiro atoms. The highest BCUT2D eigenvalue weighted by molar-refractivity contribution is 7.09. The fraction of sp³-hybridized carbons (Fsp3) is 0.250. The Bertz CT molecular complexity index is 1000. The summed E-state index contributed by atoms with van der Waals surface area (Å²) in [6, 6.07) is 2.50. The Hall–Kier alpha value is -2.88. The SMILES string of the molecule is Cc1nc(-c2nc([C@H]3CN(C)C(=O)N3)n(-c3ccc(F)cc3F)n2)cs1. The van der Waals surface area contributed by atoms with Gasteiger partial charge in [-0.2, -0.15) is 0 Å². The van der Waals surface area contributed by atoms with E-state index in [1.165, 1.54) is 27.0 Å². The first kappa shape index (κ1) is 16.6. The van der Waals surface area contributed by atoms with Crippen molar-refractivity contribution in [3.63, 3.8) is 0 Å². The van der Waals surface area contributed by atoms with Crippen LogP contribution in [0.25, 0.3) is 17.2 Å². The molecule has 1 aromatic carbocycles. The molecule has 0 saturated carbocycles. The number of hydrogen-bond acceptors (Lipinski definition) is 5. The molecular formula is C16H14F2N6OS. The smallest absolute Gasteiger partial charge is 0.317 e. The van der Waals surface area contributed by atoms with Crippen molar-refractivity contribution in [2.75, 3.05) is 13.6 Å². The monoisotopic (exact) mass is 376 g/mol. The third kappa shape index (κ3) is 2.81. The predicted molar refractivity (Wildman–Crippen MR) is 91.0 cm³/mol. The predicted octanol–water partition coefficient (Wildman–Crippen LogP) is 2.67. The van der Waals surface area contributed by atoms with Gasteiger partial charge in [-0.25, -0.2) is 28.2 Å². The van der Waals surface area contributed by atoms with Gasteiger partial charge in [0.25, 0.3) is 0 Å². The van der Waals surface area contributed by atoms with Crippen LogP contribution in [-0.4, -0.2) is 44.3 Å². The lowest BCUT2D eigenvalue weighted by molar-refractivity contribution is 0.226. The second-order valence-electron chi connectivity index (χ2n) is 5.94. The molecule has 1 saturated heterocycles. The van der Waals surface area contributed by atoms with Crippen LogP contribution in [0.2, 0.25) is 0 Å². The van der Waals surface area contributed by atoms with E-state index in [0.29, 0.717) is 23.9 Å². The number of nitrogens with one attached hydrogen (secondary N) is 1. The van der Waals surface area contributed by atoms with E-state index < -0.39 is 17.7 Å². The van der Waals surface area contributed by atoms with Gasteiger partial charge < -0.3 is 10.2 Å². The van der Waals surface area contributed by atoms with Gasteiger partial charge in [-0.3, -0.25) is 0 Å². The summed E-state index contributed by atoms with van der Waals surface area (Å²) in [5.41, 5.74) is 0.614. The van der Waals surface area contributed by atoms with E-state index in [9.17, 15) is 13.6 Å². The number of carbonyl (C=O) groups is 1. The summed E-state index contributed by atoms with van der Waals surface area (Å²) < 4.78 is 28.9. The first-order chi connectivity index (χ1) is 12.4. The molecule has 2 aromatic heterocycles.